The molecule has 118 valence electrons. The Bertz CT molecular complexity index is 705. The molecule has 0 amide bonds. The Balaban J connectivity index is 2.14. The molecule has 3 nitrogen and oxygen atoms in total. The zero-order chi connectivity index (χ0) is 16.2. The number of halogens is 3. The van der Waals surface area contributed by atoms with Gasteiger partial charge in [-0.3, -0.25) is 0 Å². The van der Waals surface area contributed by atoms with Crippen molar-refractivity contribution in [2.75, 3.05) is 0 Å². The van der Waals surface area contributed by atoms with E-state index in [9.17, 15) is 18.3 Å². The molecule has 1 aliphatic rings. The lowest BCUT2D eigenvalue weighted by Gasteiger charge is -2.41. The fourth-order valence-electron chi connectivity index (χ4n) is 3.46. The Morgan fingerprint density at radius 1 is 1.23 bits per heavy atom. The molecular weight excluding hydrogens is 295 g/mol. The first-order valence-corrected chi connectivity index (χ1v) is 6.97. The molecule has 2 aromatic rings. The van der Waals surface area contributed by atoms with Crippen LogP contribution in [0.4, 0.5) is 13.2 Å². The van der Waals surface area contributed by atoms with E-state index < -0.39 is 22.8 Å². The summed E-state index contributed by atoms with van der Waals surface area (Å²) in [4.78, 5) is 0. The molecule has 3 rings (SSSR count). The van der Waals surface area contributed by atoms with Gasteiger partial charge in [0.15, 0.2) is 0 Å². The summed E-state index contributed by atoms with van der Waals surface area (Å²) in [5.41, 5.74) is -2.45. The van der Waals surface area contributed by atoms with Crippen LogP contribution >= 0.6 is 0 Å². The lowest BCUT2D eigenvalue weighted by Crippen LogP contribution is -2.42. The van der Waals surface area contributed by atoms with Crippen LogP contribution in [0, 0.1) is 0 Å². The fraction of sp³-hybridized carbons (Fsp3) is 0.438. The van der Waals surface area contributed by atoms with E-state index in [2.05, 4.69) is 5.16 Å². The van der Waals surface area contributed by atoms with Crippen LogP contribution in [0.2, 0.25) is 0 Å². The summed E-state index contributed by atoms with van der Waals surface area (Å²) < 4.78 is 45.0. The molecule has 0 fully saturated rings. The van der Waals surface area contributed by atoms with E-state index in [0.717, 1.165) is 6.07 Å². The van der Waals surface area contributed by atoms with Gasteiger partial charge in [0, 0.05) is 17.4 Å². The van der Waals surface area contributed by atoms with Gasteiger partial charge in [0.05, 0.1) is 17.4 Å². The molecule has 1 unspecified atom stereocenters. The number of benzene rings is 1. The molecule has 0 saturated carbocycles. The lowest BCUT2D eigenvalue weighted by atomic mass is 9.67. The molecule has 22 heavy (non-hydrogen) atoms. The fourth-order valence-corrected chi connectivity index (χ4v) is 3.46. The molecule has 6 heteroatoms. The first-order chi connectivity index (χ1) is 10.1. The molecule has 1 aliphatic carbocycles. The zero-order valence-electron chi connectivity index (χ0n) is 12.2. The van der Waals surface area contributed by atoms with Crippen LogP contribution in [0.15, 0.2) is 35.0 Å². The van der Waals surface area contributed by atoms with Gasteiger partial charge in [-0.25, -0.2) is 0 Å². The largest absolute Gasteiger partial charge is 0.416 e. The van der Waals surface area contributed by atoms with E-state index in [1.54, 1.807) is 0 Å². The monoisotopic (exact) mass is 311 g/mol. The van der Waals surface area contributed by atoms with Crippen molar-refractivity contribution in [1.82, 2.24) is 5.16 Å². The number of hydrogen-bond acceptors (Lipinski definition) is 3. The minimum atomic E-state index is -4.51. The summed E-state index contributed by atoms with van der Waals surface area (Å²) in [6, 6.07) is 5.19. The quantitative estimate of drug-likeness (QED) is 0.871. The van der Waals surface area contributed by atoms with Gasteiger partial charge in [-0.15, -0.1) is 0 Å². The molecule has 1 atom stereocenters. The summed E-state index contributed by atoms with van der Waals surface area (Å²) in [5, 5.41) is 14.7. The average molecular weight is 311 g/mol. The molecule has 0 aliphatic heterocycles. The highest BCUT2D eigenvalue weighted by Gasteiger charge is 2.48. The van der Waals surface area contributed by atoms with Crippen molar-refractivity contribution in [3.63, 3.8) is 0 Å². The van der Waals surface area contributed by atoms with Crippen LogP contribution in [0.5, 0.6) is 0 Å². The van der Waals surface area contributed by atoms with Crippen molar-refractivity contribution in [2.45, 2.75) is 43.9 Å². The van der Waals surface area contributed by atoms with Crippen LogP contribution in [0.3, 0.4) is 0 Å². The highest BCUT2D eigenvalue weighted by Crippen LogP contribution is 2.48. The SMILES string of the molecule is CC1(C)CC(O)(c2ccccc2C(F)(F)F)Cc2cnoc21. The van der Waals surface area contributed by atoms with Gasteiger partial charge in [0.1, 0.15) is 5.76 Å². The maximum absolute atomic E-state index is 13.3. The number of alkyl halides is 3. The van der Waals surface area contributed by atoms with Gasteiger partial charge in [-0.1, -0.05) is 37.2 Å². The predicted molar refractivity (Wildman–Crippen MR) is 73.2 cm³/mol. The van der Waals surface area contributed by atoms with Crippen LogP contribution in [0.1, 0.15) is 42.7 Å². The second-order valence-corrected chi connectivity index (χ2v) is 6.49. The third-order valence-electron chi connectivity index (χ3n) is 4.21. The Labute approximate surface area is 125 Å². The normalized spacial score (nSPS) is 24.1. The van der Waals surface area contributed by atoms with E-state index in [-0.39, 0.29) is 18.4 Å². The van der Waals surface area contributed by atoms with E-state index in [4.69, 9.17) is 4.52 Å². The summed E-state index contributed by atoms with van der Waals surface area (Å²) in [6.45, 7) is 3.66. The first-order valence-electron chi connectivity index (χ1n) is 6.97. The molecule has 1 heterocycles. The van der Waals surface area contributed by atoms with Crippen LogP contribution in [0.25, 0.3) is 0 Å². The van der Waals surface area contributed by atoms with Gasteiger partial charge < -0.3 is 9.63 Å². The van der Waals surface area contributed by atoms with Crippen molar-refractivity contribution in [3.05, 3.63) is 52.9 Å². The number of rotatable bonds is 1. The maximum Gasteiger partial charge on any atom is 0.416 e. The number of nitrogens with zero attached hydrogens (tertiary/aromatic N) is 1. The standard InChI is InChI=1S/C16H16F3NO2/c1-14(2)9-15(21,7-10-8-20-22-13(10)14)11-5-3-4-6-12(11)16(17,18)19/h3-6,8,21H,7,9H2,1-2H3. The summed E-state index contributed by atoms with van der Waals surface area (Å²) in [7, 11) is 0. The first kappa shape index (κ1) is 15.1. The van der Waals surface area contributed by atoms with Crippen molar-refractivity contribution in [3.8, 4) is 0 Å². The van der Waals surface area contributed by atoms with Gasteiger partial charge in [-0.2, -0.15) is 13.2 Å². The molecule has 1 aromatic carbocycles. The Morgan fingerprint density at radius 3 is 2.59 bits per heavy atom. The van der Waals surface area contributed by atoms with Gasteiger partial charge >= 0.3 is 6.18 Å². The minimum absolute atomic E-state index is 0.0579. The smallest absolute Gasteiger partial charge is 0.385 e. The van der Waals surface area contributed by atoms with E-state index in [0.29, 0.717) is 11.3 Å². The number of hydrogen-bond donors (Lipinski definition) is 1. The minimum Gasteiger partial charge on any atom is -0.385 e. The Hall–Kier alpha value is -1.82. The molecule has 0 saturated heterocycles. The maximum atomic E-state index is 13.3. The number of aromatic nitrogens is 1. The van der Waals surface area contributed by atoms with Gasteiger partial charge in [0.2, 0.25) is 0 Å². The summed E-state index contributed by atoms with van der Waals surface area (Å²) in [6.07, 6.45) is -2.85. The summed E-state index contributed by atoms with van der Waals surface area (Å²) >= 11 is 0. The van der Waals surface area contributed by atoms with E-state index in [1.165, 1.54) is 24.4 Å². The predicted octanol–water partition coefficient (Wildman–Crippen LogP) is 3.81. The van der Waals surface area contributed by atoms with E-state index >= 15 is 0 Å². The van der Waals surface area contributed by atoms with E-state index in [1.807, 2.05) is 13.8 Å². The zero-order valence-corrected chi connectivity index (χ0v) is 12.2. The van der Waals surface area contributed by atoms with Crippen molar-refractivity contribution < 1.29 is 22.8 Å². The van der Waals surface area contributed by atoms with Crippen LogP contribution in [-0.2, 0) is 23.6 Å². The van der Waals surface area contributed by atoms with Crippen molar-refractivity contribution in [1.29, 1.82) is 0 Å². The van der Waals surface area contributed by atoms with Crippen LogP contribution in [-0.4, -0.2) is 10.3 Å². The molecule has 0 bridgehead atoms. The summed E-state index contributed by atoms with van der Waals surface area (Å²) in [5.74, 6) is 0.627. The van der Waals surface area contributed by atoms with Crippen molar-refractivity contribution >= 4 is 0 Å². The highest BCUT2D eigenvalue weighted by atomic mass is 19.4. The Kier molecular flexibility index (Phi) is 3.15. The second-order valence-electron chi connectivity index (χ2n) is 6.49. The van der Waals surface area contributed by atoms with Gasteiger partial charge in [0.25, 0.3) is 0 Å². The third-order valence-corrected chi connectivity index (χ3v) is 4.21. The van der Waals surface area contributed by atoms with Crippen LogP contribution < -0.4 is 0 Å². The number of fused-ring (bicyclic) bond motifs is 1. The Morgan fingerprint density at radius 2 is 1.91 bits per heavy atom. The lowest BCUT2D eigenvalue weighted by molar-refractivity contribution is -0.141. The molecular formula is C16H16F3NO2. The van der Waals surface area contributed by atoms with Gasteiger partial charge in [-0.05, 0) is 18.1 Å². The topological polar surface area (TPSA) is 46.3 Å². The molecule has 0 radical (unpaired) electrons. The molecule has 1 aromatic heterocycles. The second kappa shape index (κ2) is 4.59. The third kappa shape index (κ3) is 2.31. The number of aliphatic hydroxyl groups is 1. The molecule has 0 spiro atoms. The highest BCUT2D eigenvalue weighted by molar-refractivity contribution is 5.40. The van der Waals surface area contributed by atoms with Crippen molar-refractivity contribution in [2.24, 2.45) is 0 Å². The molecule has 1 N–H and O–H groups in total. The average Bonchev–Trinajstić information content (AvgIpc) is 2.86.